The first kappa shape index (κ1) is 14.2. The molecule has 1 aliphatic rings. The lowest BCUT2D eigenvalue weighted by atomic mass is 9.89. The molecular formula is C13H16N2O5. The zero-order chi connectivity index (χ0) is 14.7. The molecule has 108 valence electrons. The van der Waals surface area contributed by atoms with Gasteiger partial charge in [0.25, 0.3) is 5.69 Å². The number of nitrogens with zero attached hydrogens (tertiary/aromatic N) is 2. The van der Waals surface area contributed by atoms with E-state index < -0.39 is 10.9 Å². The monoisotopic (exact) mass is 280 g/mol. The molecule has 7 nitrogen and oxygen atoms in total. The zero-order valence-corrected chi connectivity index (χ0v) is 11.1. The van der Waals surface area contributed by atoms with Crippen molar-refractivity contribution in [2.45, 2.75) is 38.7 Å². The molecule has 0 aromatic carbocycles. The van der Waals surface area contributed by atoms with Crippen molar-refractivity contribution in [1.82, 2.24) is 4.98 Å². The van der Waals surface area contributed by atoms with Crippen molar-refractivity contribution >= 4 is 11.7 Å². The molecule has 0 amide bonds. The molecule has 20 heavy (non-hydrogen) atoms. The molecule has 2 rings (SSSR count). The number of carboxylic acids is 1. The molecule has 0 spiro atoms. The highest BCUT2D eigenvalue weighted by molar-refractivity contribution is 5.90. The fourth-order valence-electron chi connectivity index (χ4n) is 2.29. The Balaban J connectivity index is 2.18. The van der Waals surface area contributed by atoms with Gasteiger partial charge in [0.05, 0.1) is 4.92 Å². The molecule has 0 unspecified atom stereocenters. The van der Waals surface area contributed by atoms with E-state index in [0.717, 1.165) is 37.9 Å². The van der Waals surface area contributed by atoms with Crippen molar-refractivity contribution in [2.24, 2.45) is 5.92 Å². The molecule has 1 aromatic heterocycles. The largest absolute Gasteiger partial charge is 0.477 e. The van der Waals surface area contributed by atoms with Crippen LogP contribution in [-0.2, 0) is 0 Å². The van der Waals surface area contributed by atoms with Gasteiger partial charge in [-0.3, -0.25) is 10.1 Å². The second-order valence-electron chi connectivity index (χ2n) is 5.11. The van der Waals surface area contributed by atoms with Gasteiger partial charge in [-0.05, 0) is 31.6 Å². The van der Waals surface area contributed by atoms with Crippen LogP contribution >= 0.6 is 0 Å². The van der Waals surface area contributed by atoms with Crippen molar-refractivity contribution in [3.05, 3.63) is 27.9 Å². The molecule has 1 aliphatic carbocycles. The Morgan fingerprint density at radius 3 is 2.65 bits per heavy atom. The summed E-state index contributed by atoms with van der Waals surface area (Å²) < 4.78 is 5.62. The second-order valence-corrected chi connectivity index (χ2v) is 5.11. The number of aromatic nitrogens is 1. The number of ether oxygens (including phenoxy) is 1. The summed E-state index contributed by atoms with van der Waals surface area (Å²) in [5, 5.41) is 19.7. The third-order valence-corrected chi connectivity index (χ3v) is 3.52. The van der Waals surface area contributed by atoms with E-state index >= 15 is 0 Å². The van der Waals surface area contributed by atoms with Crippen molar-refractivity contribution < 1.29 is 19.6 Å². The molecule has 1 fully saturated rings. The Morgan fingerprint density at radius 2 is 2.10 bits per heavy atom. The lowest BCUT2D eigenvalue weighted by molar-refractivity contribution is -0.385. The van der Waals surface area contributed by atoms with Crippen molar-refractivity contribution in [3.8, 4) is 5.88 Å². The minimum atomic E-state index is -1.28. The first-order valence-corrected chi connectivity index (χ1v) is 6.51. The molecule has 1 saturated carbocycles. The summed E-state index contributed by atoms with van der Waals surface area (Å²) >= 11 is 0. The van der Waals surface area contributed by atoms with Gasteiger partial charge < -0.3 is 9.84 Å². The summed E-state index contributed by atoms with van der Waals surface area (Å²) in [5.74, 6) is -0.665. The summed E-state index contributed by atoms with van der Waals surface area (Å²) in [6, 6.07) is 0.982. The highest BCUT2D eigenvalue weighted by Gasteiger charge is 2.24. The average Bonchev–Trinajstić information content (AvgIpc) is 2.41. The fourth-order valence-corrected chi connectivity index (χ4v) is 2.29. The summed E-state index contributed by atoms with van der Waals surface area (Å²) in [6.07, 6.45) is 4.70. The van der Waals surface area contributed by atoms with Gasteiger partial charge in [-0.15, -0.1) is 0 Å². The number of hydrogen-bond donors (Lipinski definition) is 1. The maximum Gasteiger partial charge on any atom is 0.341 e. The van der Waals surface area contributed by atoms with E-state index in [1.165, 1.54) is 0 Å². The molecule has 1 aromatic rings. The van der Waals surface area contributed by atoms with Gasteiger partial charge in [-0.1, -0.05) is 6.92 Å². The number of hydrogen-bond acceptors (Lipinski definition) is 5. The molecule has 0 radical (unpaired) electrons. The number of pyridine rings is 1. The summed E-state index contributed by atoms with van der Waals surface area (Å²) in [4.78, 5) is 24.9. The van der Waals surface area contributed by atoms with Crippen LogP contribution in [0.25, 0.3) is 0 Å². The van der Waals surface area contributed by atoms with E-state index in [2.05, 4.69) is 11.9 Å². The molecule has 0 bridgehead atoms. The van der Waals surface area contributed by atoms with Gasteiger partial charge in [0.2, 0.25) is 5.88 Å². The summed E-state index contributed by atoms with van der Waals surface area (Å²) in [6.45, 7) is 2.17. The Morgan fingerprint density at radius 1 is 1.45 bits per heavy atom. The summed E-state index contributed by atoms with van der Waals surface area (Å²) in [5.41, 5.74) is -0.621. The van der Waals surface area contributed by atoms with Crippen LogP contribution in [0.5, 0.6) is 5.88 Å². The lowest BCUT2D eigenvalue weighted by Gasteiger charge is -2.26. The molecule has 1 heterocycles. The predicted molar refractivity (Wildman–Crippen MR) is 69.9 cm³/mol. The van der Waals surface area contributed by atoms with Crippen molar-refractivity contribution in [1.29, 1.82) is 0 Å². The molecule has 1 N–H and O–H groups in total. The minimum absolute atomic E-state index is 0.0392. The number of carboxylic acid groups (broad SMARTS) is 1. The van der Waals surface area contributed by atoms with Crippen LogP contribution < -0.4 is 4.74 Å². The van der Waals surface area contributed by atoms with Gasteiger partial charge in [0, 0.05) is 6.07 Å². The van der Waals surface area contributed by atoms with Gasteiger partial charge in [0.1, 0.15) is 17.9 Å². The van der Waals surface area contributed by atoms with Gasteiger partial charge in [-0.2, -0.15) is 0 Å². The van der Waals surface area contributed by atoms with Gasteiger partial charge >= 0.3 is 5.97 Å². The van der Waals surface area contributed by atoms with E-state index in [-0.39, 0.29) is 23.2 Å². The molecule has 0 aliphatic heterocycles. The molecule has 7 heteroatoms. The Labute approximate surface area is 115 Å². The van der Waals surface area contributed by atoms with Crippen LogP contribution in [0.2, 0.25) is 0 Å². The number of rotatable bonds is 4. The van der Waals surface area contributed by atoms with Crippen LogP contribution in [0.15, 0.2) is 12.3 Å². The Bertz CT molecular complexity index is 523. The third kappa shape index (κ3) is 3.23. The Hall–Kier alpha value is -2.18. The maximum absolute atomic E-state index is 11.1. The third-order valence-electron chi connectivity index (χ3n) is 3.52. The topological polar surface area (TPSA) is 103 Å². The normalized spacial score (nSPS) is 22.2. The van der Waals surface area contributed by atoms with E-state index in [4.69, 9.17) is 9.84 Å². The van der Waals surface area contributed by atoms with E-state index in [1.807, 2.05) is 0 Å². The van der Waals surface area contributed by atoms with Gasteiger partial charge in [-0.25, -0.2) is 9.78 Å². The standard InChI is InChI=1S/C13H16N2O5/c1-8-2-4-10(5-3-8)20-12-11(13(16)17)6-9(7-14-12)15(18)19/h6-8,10H,2-5H2,1H3,(H,16,17). The Kier molecular flexibility index (Phi) is 4.16. The quantitative estimate of drug-likeness (QED) is 0.671. The van der Waals surface area contributed by atoms with Crippen LogP contribution in [0.1, 0.15) is 43.0 Å². The molecule has 0 saturated heterocycles. The number of nitro groups is 1. The highest BCUT2D eigenvalue weighted by Crippen LogP contribution is 2.29. The highest BCUT2D eigenvalue weighted by atomic mass is 16.6. The second kappa shape index (κ2) is 5.85. The van der Waals surface area contributed by atoms with Crippen LogP contribution in [-0.4, -0.2) is 27.1 Å². The predicted octanol–water partition coefficient (Wildman–Crippen LogP) is 2.65. The van der Waals surface area contributed by atoms with E-state index in [1.54, 1.807) is 0 Å². The van der Waals surface area contributed by atoms with Gasteiger partial charge in [0.15, 0.2) is 0 Å². The maximum atomic E-state index is 11.1. The average molecular weight is 280 g/mol. The van der Waals surface area contributed by atoms with E-state index in [9.17, 15) is 14.9 Å². The molecule has 0 atom stereocenters. The molecular weight excluding hydrogens is 264 g/mol. The SMILES string of the molecule is CC1CCC(Oc2ncc([N+](=O)[O-])cc2C(=O)O)CC1. The van der Waals surface area contributed by atoms with Crippen LogP contribution in [0, 0.1) is 16.0 Å². The van der Waals surface area contributed by atoms with Crippen molar-refractivity contribution in [2.75, 3.05) is 0 Å². The fraction of sp³-hybridized carbons (Fsp3) is 0.538. The summed E-state index contributed by atoms with van der Waals surface area (Å²) in [7, 11) is 0. The zero-order valence-electron chi connectivity index (χ0n) is 11.1. The van der Waals surface area contributed by atoms with Crippen LogP contribution in [0.3, 0.4) is 0 Å². The van der Waals surface area contributed by atoms with Crippen molar-refractivity contribution in [3.63, 3.8) is 0 Å². The smallest absolute Gasteiger partial charge is 0.341 e. The minimum Gasteiger partial charge on any atom is -0.477 e. The first-order valence-electron chi connectivity index (χ1n) is 6.51. The lowest BCUT2D eigenvalue weighted by Crippen LogP contribution is -2.24. The number of carbonyl (C=O) groups is 1. The first-order chi connectivity index (χ1) is 9.47. The van der Waals surface area contributed by atoms with E-state index in [0.29, 0.717) is 5.92 Å². The van der Waals surface area contributed by atoms with Crippen LogP contribution in [0.4, 0.5) is 5.69 Å². The number of aromatic carboxylic acids is 1.